The molecule has 0 radical (unpaired) electrons. The second-order valence-corrected chi connectivity index (χ2v) is 9.66. The first-order valence-corrected chi connectivity index (χ1v) is 11.4. The molecule has 0 aliphatic carbocycles. The molecule has 0 bridgehead atoms. The van der Waals surface area contributed by atoms with Gasteiger partial charge in [-0.1, -0.05) is 18.2 Å². The van der Waals surface area contributed by atoms with E-state index in [1.54, 1.807) is 29.2 Å². The number of rotatable bonds is 5. The number of likely N-dealkylation sites (tertiary alicyclic amines) is 1. The van der Waals surface area contributed by atoms with Gasteiger partial charge in [0.05, 0.1) is 17.4 Å². The summed E-state index contributed by atoms with van der Waals surface area (Å²) < 4.78 is 29.1. The Morgan fingerprint density at radius 2 is 1.72 bits per heavy atom. The summed E-state index contributed by atoms with van der Waals surface area (Å²) in [6.07, 6.45) is 0.558. The highest BCUT2D eigenvalue weighted by Crippen LogP contribution is 2.28. The quantitative estimate of drug-likeness (QED) is 0.811. The normalized spacial score (nSPS) is 23.2. The number of hydrogen-bond donors (Lipinski definition) is 1. The van der Waals surface area contributed by atoms with Crippen LogP contribution in [0.3, 0.4) is 0 Å². The van der Waals surface area contributed by atoms with Gasteiger partial charge in [0.2, 0.25) is 11.8 Å². The Balaban J connectivity index is 1.34. The number of anilines is 1. The summed E-state index contributed by atoms with van der Waals surface area (Å²) in [6.45, 7) is 0.264. The molecule has 8 heteroatoms. The average Bonchev–Trinajstić information content (AvgIpc) is 3.26. The highest BCUT2D eigenvalue weighted by molar-refractivity contribution is 7.91. The van der Waals surface area contributed by atoms with Crippen molar-refractivity contribution in [1.82, 2.24) is 4.90 Å². The molecule has 7 nitrogen and oxygen atoms in total. The van der Waals surface area contributed by atoms with E-state index in [0.29, 0.717) is 17.9 Å². The highest BCUT2D eigenvalue weighted by atomic mass is 32.2. The van der Waals surface area contributed by atoms with E-state index >= 15 is 0 Å². The van der Waals surface area contributed by atoms with Crippen LogP contribution in [0.4, 0.5) is 5.69 Å². The monoisotopic (exact) mass is 414 g/mol. The van der Waals surface area contributed by atoms with Crippen LogP contribution in [0.1, 0.15) is 12.8 Å². The molecule has 2 aromatic rings. The molecule has 2 aliphatic heterocycles. The molecule has 2 atom stereocenters. The highest BCUT2D eigenvalue weighted by Gasteiger charge is 2.41. The van der Waals surface area contributed by atoms with Crippen molar-refractivity contribution < 1.29 is 22.7 Å². The van der Waals surface area contributed by atoms with Gasteiger partial charge in [-0.25, -0.2) is 8.42 Å². The van der Waals surface area contributed by atoms with Crippen molar-refractivity contribution in [2.24, 2.45) is 5.92 Å². The van der Waals surface area contributed by atoms with Gasteiger partial charge in [-0.2, -0.15) is 0 Å². The second-order valence-electron chi connectivity index (χ2n) is 7.43. The maximum atomic E-state index is 12.6. The summed E-state index contributed by atoms with van der Waals surface area (Å²) in [4.78, 5) is 26.4. The zero-order valence-corrected chi connectivity index (χ0v) is 16.6. The first kappa shape index (κ1) is 19.4. The van der Waals surface area contributed by atoms with Gasteiger partial charge >= 0.3 is 0 Å². The molecule has 2 aromatic carbocycles. The fourth-order valence-corrected chi connectivity index (χ4v) is 5.49. The number of nitrogens with zero attached hydrogens (tertiary/aromatic N) is 1. The summed E-state index contributed by atoms with van der Waals surface area (Å²) in [7, 11) is -3.08. The van der Waals surface area contributed by atoms with Gasteiger partial charge < -0.3 is 15.0 Å². The number of benzene rings is 2. The molecule has 2 amide bonds. The fourth-order valence-electron chi connectivity index (χ4n) is 3.76. The van der Waals surface area contributed by atoms with Crippen LogP contribution in [0, 0.1) is 5.92 Å². The van der Waals surface area contributed by atoms with E-state index in [9.17, 15) is 18.0 Å². The first-order chi connectivity index (χ1) is 13.9. The van der Waals surface area contributed by atoms with Crippen molar-refractivity contribution >= 4 is 27.3 Å². The first-order valence-electron chi connectivity index (χ1n) is 9.53. The zero-order valence-electron chi connectivity index (χ0n) is 15.8. The number of amides is 2. The summed E-state index contributed by atoms with van der Waals surface area (Å²) in [5.74, 6) is 0.607. The van der Waals surface area contributed by atoms with Gasteiger partial charge in [0.15, 0.2) is 9.84 Å². The van der Waals surface area contributed by atoms with Crippen molar-refractivity contribution in [1.29, 1.82) is 0 Å². The lowest BCUT2D eigenvalue weighted by atomic mass is 10.1. The van der Waals surface area contributed by atoms with Gasteiger partial charge in [0.25, 0.3) is 0 Å². The van der Waals surface area contributed by atoms with E-state index < -0.39 is 15.8 Å². The Hall–Kier alpha value is -2.87. The predicted octanol–water partition coefficient (Wildman–Crippen LogP) is 2.45. The predicted molar refractivity (Wildman–Crippen MR) is 108 cm³/mol. The summed E-state index contributed by atoms with van der Waals surface area (Å²) >= 11 is 0. The molecule has 2 fully saturated rings. The van der Waals surface area contributed by atoms with E-state index in [1.807, 2.05) is 30.3 Å². The Kier molecular flexibility index (Phi) is 5.27. The van der Waals surface area contributed by atoms with Crippen molar-refractivity contribution in [2.75, 3.05) is 23.4 Å². The average molecular weight is 414 g/mol. The third kappa shape index (κ3) is 4.59. The third-order valence-electron chi connectivity index (χ3n) is 5.28. The number of para-hydroxylation sites is 1. The van der Waals surface area contributed by atoms with Gasteiger partial charge in [0.1, 0.15) is 11.5 Å². The number of carbonyl (C=O) groups excluding carboxylic acids is 2. The second kappa shape index (κ2) is 7.87. The van der Waals surface area contributed by atoms with E-state index in [0.717, 1.165) is 5.75 Å². The van der Waals surface area contributed by atoms with Crippen molar-refractivity contribution in [3.8, 4) is 11.5 Å². The molecule has 2 aliphatic rings. The minimum atomic E-state index is -3.08. The lowest BCUT2D eigenvalue weighted by Gasteiger charge is -2.22. The van der Waals surface area contributed by atoms with Crippen LogP contribution in [0.5, 0.6) is 11.5 Å². The van der Waals surface area contributed by atoms with Gasteiger partial charge in [-0.3, -0.25) is 9.59 Å². The number of nitrogens with one attached hydrogen (secondary N) is 1. The lowest BCUT2D eigenvalue weighted by molar-refractivity contribution is -0.129. The molecule has 152 valence electrons. The smallest absolute Gasteiger partial charge is 0.229 e. The lowest BCUT2D eigenvalue weighted by Crippen LogP contribution is -2.38. The van der Waals surface area contributed by atoms with Gasteiger partial charge in [-0.05, 0) is 42.8 Å². The molecule has 1 N–H and O–H groups in total. The molecule has 29 heavy (non-hydrogen) atoms. The molecular weight excluding hydrogens is 392 g/mol. The van der Waals surface area contributed by atoms with Crippen molar-refractivity contribution in [2.45, 2.75) is 18.9 Å². The number of sulfone groups is 1. The third-order valence-corrected chi connectivity index (χ3v) is 7.03. The molecule has 0 spiro atoms. The SMILES string of the molecule is O=C(Nc1ccc(Oc2ccccc2)cc1)[C@H]1CC(=O)N([C@H]2CCS(=O)(=O)C2)C1. The Labute approximate surface area is 169 Å². The summed E-state index contributed by atoms with van der Waals surface area (Å²) in [6, 6.07) is 16.1. The van der Waals surface area contributed by atoms with Crippen molar-refractivity contribution in [3.63, 3.8) is 0 Å². The summed E-state index contributed by atoms with van der Waals surface area (Å²) in [5, 5.41) is 2.83. The number of carbonyl (C=O) groups is 2. The van der Waals surface area contributed by atoms with Crippen LogP contribution in [-0.2, 0) is 19.4 Å². The Bertz CT molecular complexity index is 1010. The van der Waals surface area contributed by atoms with E-state index in [1.165, 1.54) is 0 Å². The van der Waals surface area contributed by atoms with E-state index in [4.69, 9.17) is 4.74 Å². The van der Waals surface area contributed by atoms with Crippen LogP contribution in [0.15, 0.2) is 54.6 Å². The molecule has 2 heterocycles. The van der Waals surface area contributed by atoms with Crippen LogP contribution in [0.2, 0.25) is 0 Å². The molecule has 0 aromatic heterocycles. The van der Waals surface area contributed by atoms with Crippen molar-refractivity contribution in [3.05, 3.63) is 54.6 Å². The fraction of sp³-hybridized carbons (Fsp3) is 0.333. The van der Waals surface area contributed by atoms with Crippen LogP contribution < -0.4 is 10.1 Å². The van der Waals surface area contributed by atoms with Crippen LogP contribution in [0.25, 0.3) is 0 Å². The Morgan fingerprint density at radius 3 is 2.38 bits per heavy atom. The van der Waals surface area contributed by atoms with E-state index in [2.05, 4.69) is 5.32 Å². The van der Waals surface area contributed by atoms with E-state index in [-0.39, 0.29) is 42.3 Å². The summed E-state index contributed by atoms with van der Waals surface area (Å²) in [5.41, 5.74) is 0.616. The van der Waals surface area contributed by atoms with Crippen LogP contribution >= 0.6 is 0 Å². The maximum absolute atomic E-state index is 12.6. The number of hydrogen-bond acceptors (Lipinski definition) is 5. The van der Waals surface area contributed by atoms with Gasteiger partial charge in [-0.15, -0.1) is 0 Å². The molecule has 2 saturated heterocycles. The standard InChI is InChI=1S/C21H22N2O5S/c24-20-12-15(13-23(20)17-10-11-29(26,27)14-17)21(25)22-16-6-8-19(9-7-16)28-18-4-2-1-3-5-18/h1-9,15,17H,10-14H2,(H,22,25)/t15-,17-/m0/s1. The molecule has 0 unspecified atom stereocenters. The largest absolute Gasteiger partial charge is 0.457 e. The zero-order chi connectivity index (χ0) is 20.4. The van der Waals surface area contributed by atoms with Crippen LogP contribution in [-0.4, -0.2) is 49.2 Å². The minimum absolute atomic E-state index is 0.00401. The Morgan fingerprint density at radius 1 is 1.03 bits per heavy atom. The van der Waals surface area contributed by atoms with Gasteiger partial charge in [0, 0.05) is 24.7 Å². The number of ether oxygens (including phenoxy) is 1. The molecule has 0 saturated carbocycles. The molecule has 4 rings (SSSR count). The minimum Gasteiger partial charge on any atom is -0.457 e. The molecular formula is C21H22N2O5S. The maximum Gasteiger partial charge on any atom is 0.229 e. The topological polar surface area (TPSA) is 92.8 Å².